The number of carbonyl (C=O) groups excluding carboxylic acids is 1. The number of benzene rings is 2. The third kappa shape index (κ3) is 4.35. The van der Waals surface area contributed by atoms with Crippen molar-refractivity contribution in [3.63, 3.8) is 0 Å². The molecular formula is C16H16N2O6. The molecule has 0 saturated carbocycles. The number of hydrogen-bond donors (Lipinski definition) is 1. The quantitative estimate of drug-likeness (QED) is 0.618. The Balaban J connectivity index is 1.96. The highest BCUT2D eigenvalue weighted by atomic mass is 16.6. The smallest absolute Gasteiger partial charge is 0.312 e. The van der Waals surface area contributed by atoms with Gasteiger partial charge in [0.15, 0.2) is 12.4 Å². The summed E-state index contributed by atoms with van der Waals surface area (Å²) in [5, 5.41) is 13.5. The van der Waals surface area contributed by atoms with E-state index in [1.165, 1.54) is 25.3 Å². The molecule has 0 saturated heterocycles. The number of ether oxygens (including phenoxy) is 3. The van der Waals surface area contributed by atoms with Crippen molar-refractivity contribution in [1.29, 1.82) is 0 Å². The molecule has 0 aromatic heterocycles. The van der Waals surface area contributed by atoms with Crippen LogP contribution in [-0.2, 0) is 4.79 Å². The van der Waals surface area contributed by atoms with Gasteiger partial charge in [-0.2, -0.15) is 0 Å². The summed E-state index contributed by atoms with van der Waals surface area (Å²) in [6.07, 6.45) is 0. The number of rotatable bonds is 7. The molecule has 0 radical (unpaired) electrons. The first-order valence-electron chi connectivity index (χ1n) is 6.92. The molecular weight excluding hydrogens is 316 g/mol. The van der Waals surface area contributed by atoms with E-state index in [9.17, 15) is 14.9 Å². The van der Waals surface area contributed by atoms with Crippen molar-refractivity contribution >= 4 is 17.3 Å². The number of carbonyl (C=O) groups is 1. The van der Waals surface area contributed by atoms with Gasteiger partial charge >= 0.3 is 5.69 Å². The van der Waals surface area contributed by atoms with E-state index in [-0.39, 0.29) is 23.7 Å². The summed E-state index contributed by atoms with van der Waals surface area (Å²) in [7, 11) is 2.89. The maximum absolute atomic E-state index is 11.9. The fourth-order valence-corrected chi connectivity index (χ4v) is 1.93. The van der Waals surface area contributed by atoms with E-state index in [0.717, 1.165) is 0 Å². The zero-order valence-electron chi connectivity index (χ0n) is 13.1. The van der Waals surface area contributed by atoms with E-state index in [4.69, 9.17) is 14.2 Å². The maximum Gasteiger partial charge on any atom is 0.312 e. The van der Waals surface area contributed by atoms with E-state index in [1.807, 2.05) is 0 Å². The van der Waals surface area contributed by atoms with E-state index >= 15 is 0 Å². The topological polar surface area (TPSA) is 99.9 Å². The van der Waals surface area contributed by atoms with Crippen molar-refractivity contribution in [3.05, 3.63) is 52.6 Å². The van der Waals surface area contributed by atoms with Crippen molar-refractivity contribution < 1.29 is 23.9 Å². The molecule has 2 aromatic rings. The predicted octanol–water partition coefficient (Wildman–Crippen LogP) is 2.63. The van der Waals surface area contributed by atoms with Crippen LogP contribution in [0.25, 0.3) is 0 Å². The lowest BCUT2D eigenvalue weighted by Crippen LogP contribution is -2.20. The van der Waals surface area contributed by atoms with Crippen LogP contribution >= 0.6 is 0 Å². The van der Waals surface area contributed by atoms with E-state index < -0.39 is 10.8 Å². The van der Waals surface area contributed by atoms with Crippen LogP contribution in [0.2, 0.25) is 0 Å². The van der Waals surface area contributed by atoms with Crippen molar-refractivity contribution in [3.8, 4) is 17.2 Å². The van der Waals surface area contributed by atoms with Crippen LogP contribution in [0.3, 0.4) is 0 Å². The van der Waals surface area contributed by atoms with Gasteiger partial charge in [-0.05, 0) is 36.4 Å². The Hall–Kier alpha value is -3.29. The summed E-state index contributed by atoms with van der Waals surface area (Å²) in [6.45, 7) is -0.230. The van der Waals surface area contributed by atoms with Crippen molar-refractivity contribution in [2.75, 3.05) is 26.1 Å². The number of methoxy groups -OCH3 is 2. The summed E-state index contributed by atoms with van der Waals surface area (Å²) >= 11 is 0. The normalized spacial score (nSPS) is 9.92. The molecule has 0 heterocycles. The highest BCUT2D eigenvalue weighted by molar-refractivity contribution is 5.92. The molecule has 0 aliphatic carbocycles. The second kappa shape index (κ2) is 7.82. The van der Waals surface area contributed by atoms with Crippen LogP contribution in [-0.4, -0.2) is 31.7 Å². The molecule has 0 bridgehead atoms. The van der Waals surface area contributed by atoms with E-state index in [2.05, 4.69) is 5.32 Å². The second-order valence-electron chi connectivity index (χ2n) is 4.66. The zero-order chi connectivity index (χ0) is 17.5. The molecule has 126 valence electrons. The number of nitro benzene ring substituents is 1. The third-order valence-electron chi connectivity index (χ3n) is 3.09. The summed E-state index contributed by atoms with van der Waals surface area (Å²) in [5.41, 5.74) is 0.0530. The van der Waals surface area contributed by atoms with Crippen LogP contribution in [0.5, 0.6) is 17.2 Å². The number of hydrogen-bond acceptors (Lipinski definition) is 6. The Morgan fingerprint density at radius 1 is 1.08 bits per heavy atom. The number of nitrogens with zero attached hydrogens (tertiary/aromatic N) is 1. The monoisotopic (exact) mass is 332 g/mol. The van der Waals surface area contributed by atoms with Gasteiger partial charge in [0.25, 0.3) is 5.91 Å². The van der Waals surface area contributed by atoms with Crippen molar-refractivity contribution in [2.45, 2.75) is 0 Å². The average Bonchev–Trinajstić information content (AvgIpc) is 2.60. The second-order valence-corrected chi connectivity index (χ2v) is 4.66. The summed E-state index contributed by atoms with van der Waals surface area (Å²) < 4.78 is 15.3. The summed E-state index contributed by atoms with van der Waals surface area (Å²) in [6, 6.07) is 10.9. The van der Waals surface area contributed by atoms with Gasteiger partial charge in [-0.3, -0.25) is 14.9 Å². The first kappa shape index (κ1) is 17.1. The van der Waals surface area contributed by atoms with Gasteiger partial charge in [0, 0.05) is 11.8 Å². The number of nitro groups is 1. The molecule has 0 aliphatic rings. The fourth-order valence-electron chi connectivity index (χ4n) is 1.93. The Labute approximate surface area is 138 Å². The van der Waals surface area contributed by atoms with Gasteiger partial charge in [0.05, 0.1) is 19.1 Å². The Morgan fingerprint density at radius 3 is 2.33 bits per heavy atom. The molecule has 0 aliphatic heterocycles. The Bertz CT molecular complexity index is 730. The first-order valence-corrected chi connectivity index (χ1v) is 6.92. The molecule has 1 amide bonds. The molecule has 8 heteroatoms. The molecule has 24 heavy (non-hydrogen) atoms. The van der Waals surface area contributed by atoms with Gasteiger partial charge in [0.1, 0.15) is 11.5 Å². The van der Waals surface area contributed by atoms with Gasteiger partial charge < -0.3 is 19.5 Å². The lowest BCUT2D eigenvalue weighted by atomic mass is 10.2. The third-order valence-corrected chi connectivity index (χ3v) is 3.09. The van der Waals surface area contributed by atoms with Gasteiger partial charge in [-0.15, -0.1) is 0 Å². The summed E-state index contributed by atoms with van der Waals surface area (Å²) in [5.74, 6) is 0.863. The molecule has 0 unspecified atom stereocenters. The highest BCUT2D eigenvalue weighted by Gasteiger charge is 2.16. The minimum absolute atomic E-state index is 0.118. The minimum Gasteiger partial charge on any atom is -0.497 e. The maximum atomic E-state index is 11.9. The highest BCUT2D eigenvalue weighted by Crippen LogP contribution is 2.29. The van der Waals surface area contributed by atoms with Crippen LogP contribution in [0, 0.1) is 10.1 Å². The Kier molecular flexibility index (Phi) is 5.56. The molecule has 0 atom stereocenters. The molecule has 2 aromatic carbocycles. The van der Waals surface area contributed by atoms with E-state index in [1.54, 1.807) is 31.4 Å². The largest absolute Gasteiger partial charge is 0.497 e. The van der Waals surface area contributed by atoms with Gasteiger partial charge in [-0.1, -0.05) is 0 Å². The number of nitrogens with one attached hydrogen (secondary N) is 1. The lowest BCUT2D eigenvalue weighted by Gasteiger charge is -2.09. The molecule has 8 nitrogen and oxygen atoms in total. The average molecular weight is 332 g/mol. The first-order chi connectivity index (χ1) is 11.5. The standard InChI is InChI=1S/C16H16N2O6/c1-22-12-4-6-13(7-5-12)24-10-16(19)17-11-3-8-15(23-2)14(9-11)18(20)21/h3-9H,10H2,1-2H3,(H,17,19). The fraction of sp³-hybridized carbons (Fsp3) is 0.188. The van der Waals surface area contributed by atoms with Gasteiger partial charge in [0.2, 0.25) is 0 Å². The molecule has 0 spiro atoms. The lowest BCUT2D eigenvalue weighted by molar-refractivity contribution is -0.385. The number of anilines is 1. The van der Waals surface area contributed by atoms with Crippen LogP contribution in [0.15, 0.2) is 42.5 Å². The van der Waals surface area contributed by atoms with Crippen LogP contribution in [0.1, 0.15) is 0 Å². The zero-order valence-corrected chi connectivity index (χ0v) is 13.1. The van der Waals surface area contributed by atoms with Gasteiger partial charge in [-0.25, -0.2) is 0 Å². The molecule has 2 rings (SSSR count). The predicted molar refractivity (Wildman–Crippen MR) is 86.8 cm³/mol. The van der Waals surface area contributed by atoms with E-state index in [0.29, 0.717) is 11.5 Å². The van der Waals surface area contributed by atoms with Crippen molar-refractivity contribution in [2.24, 2.45) is 0 Å². The van der Waals surface area contributed by atoms with Crippen LogP contribution < -0.4 is 19.5 Å². The minimum atomic E-state index is -0.581. The molecule has 1 N–H and O–H groups in total. The van der Waals surface area contributed by atoms with Crippen molar-refractivity contribution in [1.82, 2.24) is 0 Å². The molecule has 0 fully saturated rings. The van der Waals surface area contributed by atoms with Crippen LogP contribution in [0.4, 0.5) is 11.4 Å². The number of amides is 1. The Morgan fingerprint density at radius 2 is 1.75 bits per heavy atom. The SMILES string of the molecule is COc1ccc(OCC(=O)Nc2ccc(OC)c([N+](=O)[O-])c2)cc1. The summed E-state index contributed by atoms with van der Waals surface area (Å²) in [4.78, 5) is 22.3.